The molecule has 0 unspecified atom stereocenters. The maximum Gasteiger partial charge on any atom is 0.417 e. The molecule has 3 heterocycles. The first-order chi connectivity index (χ1) is 11.3. The Kier molecular flexibility index (Phi) is 3.51. The molecule has 5 N–H and O–H groups in total. The van der Waals surface area contributed by atoms with Crippen molar-refractivity contribution in [2.45, 2.75) is 6.18 Å². The van der Waals surface area contributed by atoms with Gasteiger partial charge in [0.05, 0.1) is 16.6 Å². The van der Waals surface area contributed by atoms with E-state index in [2.05, 4.69) is 19.7 Å². The van der Waals surface area contributed by atoms with Gasteiger partial charge in [-0.3, -0.25) is 4.98 Å². The number of nitrogens with zero attached hydrogens (tertiary/aromatic N) is 2. The summed E-state index contributed by atoms with van der Waals surface area (Å²) in [5.41, 5.74) is 9.44. The Morgan fingerprint density at radius 2 is 1.92 bits per heavy atom. The zero-order valence-corrected chi connectivity index (χ0v) is 11.9. The van der Waals surface area contributed by atoms with Gasteiger partial charge in [0.2, 0.25) is 5.88 Å². The summed E-state index contributed by atoms with van der Waals surface area (Å²) >= 11 is 0. The minimum Gasteiger partial charge on any atom is -0.394 e. The van der Waals surface area contributed by atoms with Gasteiger partial charge in [0.25, 0.3) is 0 Å². The van der Waals surface area contributed by atoms with Crippen molar-refractivity contribution in [2.24, 2.45) is 5.73 Å². The number of hydrogen-bond acceptors (Lipinski definition) is 5. The number of nitrogens with two attached hydrogens (primary N) is 2. The number of ether oxygens (including phenoxy) is 1. The fourth-order valence-electron chi connectivity index (χ4n) is 2.27. The molecule has 24 heavy (non-hydrogen) atoms. The van der Waals surface area contributed by atoms with Gasteiger partial charge < -0.3 is 21.2 Å². The number of anilines is 1. The number of alkyl halides is 3. The highest BCUT2D eigenvalue weighted by atomic mass is 19.4. The van der Waals surface area contributed by atoms with E-state index < -0.39 is 28.9 Å². The lowest BCUT2D eigenvalue weighted by Gasteiger charge is -2.11. The molecule has 124 valence electrons. The van der Waals surface area contributed by atoms with Crippen molar-refractivity contribution in [3.05, 3.63) is 36.2 Å². The van der Waals surface area contributed by atoms with Crippen LogP contribution in [0.3, 0.4) is 0 Å². The lowest BCUT2D eigenvalue weighted by atomic mass is 10.1. The molecular weight excluding hydrogens is 327 g/mol. The van der Waals surface area contributed by atoms with Gasteiger partial charge in [-0.2, -0.15) is 13.2 Å². The summed E-state index contributed by atoms with van der Waals surface area (Å²) in [5, 5.41) is -0.392. The summed E-state index contributed by atoms with van der Waals surface area (Å²) in [6.07, 6.45) is -3.04. The minimum absolute atomic E-state index is 0.0594. The van der Waals surface area contributed by atoms with E-state index in [-0.39, 0.29) is 17.2 Å². The molecule has 10 heteroatoms. The number of amides is 1. The summed E-state index contributed by atoms with van der Waals surface area (Å²) < 4.78 is 44.9. The predicted molar refractivity (Wildman–Crippen MR) is 79.0 cm³/mol. The zero-order chi connectivity index (χ0) is 17.5. The summed E-state index contributed by atoms with van der Waals surface area (Å²) in [7, 11) is 0. The van der Waals surface area contributed by atoms with Crippen LogP contribution in [0, 0.1) is 0 Å². The van der Waals surface area contributed by atoms with Crippen LogP contribution in [0.2, 0.25) is 0 Å². The van der Waals surface area contributed by atoms with E-state index in [1.54, 1.807) is 0 Å². The summed E-state index contributed by atoms with van der Waals surface area (Å²) in [5.74, 6) is -0.387. The van der Waals surface area contributed by atoms with E-state index in [9.17, 15) is 18.0 Å². The molecule has 0 fully saturated rings. The smallest absolute Gasteiger partial charge is 0.394 e. The SMILES string of the molecule is NC(=O)Oc1[nH]c2nc(-c3ccncc3)cc(C(F)(F)F)c2c1N. The molecule has 1 amide bonds. The number of primary amides is 1. The average molecular weight is 337 g/mol. The summed E-state index contributed by atoms with van der Waals surface area (Å²) in [6.45, 7) is 0. The molecule has 7 nitrogen and oxygen atoms in total. The maximum atomic E-state index is 13.4. The van der Waals surface area contributed by atoms with Gasteiger partial charge in [-0.25, -0.2) is 9.78 Å². The van der Waals surface area contributed by atoms with E-state index in [1.807, 2.05) is 0 Å². The average Bonchev–Trinajstić information content (AvgIpc) is 2.82. The number of halogens is 3. The van der Waals surface area contributed by atoms with Crippen LogP contribution in [-0.2, 0) is 6.18 Å². The lowest BCUT2D eigenvalue weighted by Crippen LogP contribution is -2.17. The second-order valence-electron chi connectivity index (χ2n) is 4.80. The molecule has 0 aromatic carbocycles. The van der Waals surface area contributed by atoms with Gasteiger partial charge in [0, 0.05) is 18.0 Å². The number of pyridine rings is 2. The zero-order valence-electron chi connectivity index (χ0n) is 11.9. The second kappa shape index (κ2) is 5.41. The standard InChI is InChI=1S/C14H10F3N5O2/c15-14(16,17)7-5-8(6-1-3-20-4-2-6)21-11-9(7)10(18)12(22-11)24-13(19)23/h1-5H,18H2,(H2,19,23)(H,21,22). The largest absolute Gasteiger partial charge is 0.417 e. The minimum atomic E-state index is -4.69. The number of nitrogens with one attached hydrogen (secondary N) is 1. The van der Waals surface area contributed by atoms with Crippen LogP contribution in [0.5, 0.6) is 5.88 Å². The Morgan fingerprint density at radius 3 is 2.50 bits per heavy atom. The number of aromatic amines is 1. The number of H-pyrrole nitrogens is 1. The van der Waals surface area contributed by atoms with Crippen LogP contribution in [-0.4, -0.2) is 21.0 Å². The highest BCUT2D eigenvalue weighted by Crippen LogP contribution is 2.41. The Balaban J connectivity index is 2.30. The molecule has 0 aliphatic heterocycles. The van der Waals surface area contributed by atoms with Crippen molar-refractivity contribution >= 4 is 22.8 Å². The lowest BCUT2D eigenvalue weighted by molar-refractivity contribution is -0.136. The molecule has 0 aliphatic rings. The van der Waals surface area contributed by atoms with Crippen LogP contribution in [0.15, 0.2) is 30.6 Å². The fraction of sp³-hybridized carbons (Fsp3) is 0.0714. The molecule has 3 aromatic heterocycles. The highest BCUT2D eigenvalue weighted by molar-refractivity contribution is 5.97. The van der Waals surface area contributed by atoms with Crippen molar-refractivity contribution in [3.63, 3.8) is 0 Å². The maximum absolute atomic E-state index is 13.4. The number of hydrogen-bond donors (Lipinski definition) is 3. The van der Waals surface area contributed by atoms with Crippen LogP contribution >= 0.6 is 0 Å². The van der Waals surface area contributed by atoms with Crippen LogP contribution < -0.4 is 16.2 Å². The Bertz CT molecular complexity index is 922. The first kappa shape index (κ1) is 15.6. The van der Waals surface area contributed by atoms with Crippen LogP contribution in [0.1, 0.15) is 5.56 Å². The van der Waals surface area contributed by atoms with Gasteiger partial charge in [0.15, 0.2) is 0 Å². The molecule has 0 atom stereocenters. The molecular formula is C14H10F3N5O2. The summed E-state index contributed by atoms with van der Waals surface area (Å²) in [4.78, 5) is 21.2. The van der Waals surface area contributed by atoms with Crippen LogP contribution in [0.25, 0.3) is 22.3 Å². The molecule has 0 aliphatic carbocycles. The molecule has 0 bridgehead atoms. The molecule has 0 saturated carbocycles. The van der Waals surface area contributed by atoms with Crippen LogP contribution in [0.4, 0.5) is 23.7 Å². The number of rotatable bonds is 2. The topological polar surface area (TPSA) is 120 Å². The van der Waals surface area contributed by atoms with Crippen molar-refractivity contribution in [1.82, 2.24) is 15.0 Å². The summed E-state index contributed by atoms with van der Waals surface area (Å²) in [6, 6.07) is 3.90. The second-order valence-corrected chi connectivity index (χ2v) is 4.80. The number of fused-ring (bicyclic) bond motifs is 1. The molecule has 0 saturated heterocycles. The third-order valence-corrected chi connectivity index (χ3v) is 3.25. The normalized spacial score (nSPS) is 11.6. The number of aromatic nitrogens is 3. The van der Waals surface area contributed by atoms with E-state index in [0.717, 1.165) is 6.07 Å². The number of carbonyl (C=O) groups is 1. The first-order valence-corrected chi connectivity index (χ1v) is 6.54. The monoisotopic (exact) mass is 337 g/mol. The van der Waals surface area contributed by atoms with E-state index >= 15 is 0 Å². The Labute approximate surface area is 132 Å². The van der Waals surface area contributed by atoms with Gasteiger partial charge in [-0.05, 0) is 18.2 Å². The van der Waals surface area contributed by atoms with Gasteiger partial charge >= 0.3 is 12.3 Å². The van der Waals surface area contributed by atoms with Crippen molar-refractivity contribution in [3.8, 4) is 17.1 Å². The van der Waals surface area contributed by atoms with Crippen molar-refractivity contribution < 1.29 is 22.7 Å². The third-order valence-electron chi connectivity index (χ3n) is 3.25. The number of carbonyl (C=O) groups excluding carboxylic acids is 1. The third kappa shape index (κ3) is 2.69. The van der Waals surface area contributed by atoms with Gasteiger partial charge in [-0.1, -0.05) is 0 Å². The van der Waals surface area contributed by atoms with E-state index in [4.69, 9.17) is 11.5 Å². The quantitative estimate of drug-likeness (QED) is 0.664. The Hall–Kier alpha value is -3.30. The predicted octanol–water partition coefficient (Wildman–Crippen LogP) is 2.68. The first-order valence-electron chi connectivity index (χ1n) is 6.54. The molecule has 3 aromatic rings. The fourth-order valence-corrected chi connectivity index (χ4v) is 2.27. The van der Waals surface area contributed by atoms with Crippen molar-refractivity contribution in [2.75, 3.05) is 5.73 Å². The van der Waals surface area contributed by atoms with Crippen molar-refractivity contribution in [1.29, 1.82) is 0 Å². The van der Waals surface area contributed by atoms with E-state index in [0.29, 0.717) is 5.56 Å². The molecule has 0 radical (unpaired) electrons. The van der Waals surface area contributed by atoms with Gasteiger partial charge in [0.1, 0.15) is 11.3 Å². The number of nitrogen functional groups attached to an aromatic ring is 1. The van der Waals surface area contributed by atoms with E-state index in [1.165, 1.54) is 24.5 Å². The molecule has 0 spiro atoms. The molecule has 3 rings (SSSR count). The highest BCUT2D eigenvalue weighted by Gasteiger charge is 2.36. The Morgan fingerprint density at radius 1 is 1.25 bits per heavy atom. The van der Waals surface area contributed by atoms with Gasteiger partial charge in [-0.15, -0.1) is 0 Å².